The molecule has 0 spiro atoms. The molecule has 0 fully saturated rings. The van der Waals surface area contributed by atoms with Crippen LogP contribution in [0, 0.1) is 5.82 Å². The molecule has 0 saturated heterocycles. The molecule has 10 heteroatoms. The number of fused-ring (bicyclic) bond motifs is 1. The molecule has 3 heterocycles. The van der Waals surface area contributed by atoms with Crippen molar-refractivity contribution in [2.24, 2.45) is 0 Å². The van der Waals surface area contributed by atoms with Crippen LogP contribution < -0.4 is 15.4 Å². The zero-order valence-electron chi connectivity index (χ0n) is 16.2. The number of amides is 2. The number of halogens is 1. The van der Waals surface area contributed by atoms with E-state index in [1.807, 2.05) is 6.07 Å². The fourth-order valence-corrected chi connectivity index (χ4v) is 2.97. The Balaban J connectivity index is 1.46. The van der Waals surface area contributed by atoms with Gasteiger partial charge in [0, 0.05) is 18.6 Å². The third-order valence-electron chi connectivity index (χ3n) is 4.57. The molecule has 3 aromatic heterocycles. The molecule has 0 aliphatic heterocycles. The minimum atomic E-state index is -0.779. The van der Waals surface area contributed by atoms with Gasteiger partial charge in [-0.25, -0.2) is 14.2 Å². The number of H-pyrrole nitrogens is 1. The highest BCUT2D eigenvalue weighted by Gasteiger charge is 2.19. The van der Waals surface area contributed by atoms with Crippen LogP contribution in [0.25, 0.3) is 10.9 Å². The van der Waals surface area contributed by atoms with Gasteiger partial charge in [0.1, 0.15) is 12.1 Å². The second-order valence-corrected chi connectivity index (χ2v) is 6.63. The highest BCUT2D eigenvalue weighted by molar-refractivity contribution is 5.92. The first-order valence-electron chi connectivity index (χ1n) is 9.43. The molecule has 0 saturated carbocycles. The first-order valence-corrected chi connectivity index (χ1v) is 9.43. The SMILES string of the molecule is O=C(Nc1ncc2c(OCc3ccncc3)n[nH]c2c1F)N[C@H](CO)c1ccccc1. The van der Waals surface area contributed by atoms with Gasteiger partial charge in [0.05, 0.1) is 18.0 Å². The molecule has 9 nitrogen and oxygen atoms in total. The van der Waals surface area contributed by atoms with Crippen molar-refractivity contribution in [2.75, 3.05) is 11.9 Å². The zero-order valence-corrected chi connectivity index (χ0v) is 16.2. The lowest BCUT2D eigenvalue weighted by Gasteiger charge is -2.17. The van der Waals surface area contributed by atoms with Crippen LogP contribution >= 0.6 is 0 Å². The van der Waals surface area contributed by atoms with Gasteiger partial charge in [0.2, 0.25) is 5.88 Å². The maximum atomic E-state index is 14.9. The number of urea groups is 1. The van der Waals surface area contributed by atoms with Gasteiger partial charge in [-0.1, -0.05) is 30.3 Å². The van der Waals surface area contributed by atoms with E-state index in [0.717, 1.165) is 5.56 Å². The standard InChI is InChI=1S/C21H19FN6O3/c22-17-18-15(20(28-27-18)31-12-13-6-8-23-9-7-13)10-24-19(17)26-21(30)25-16(11-29)14-4-2-1-3-5-14/h1-10,16,29H,11-12H2,(H,27,28)(H2,24,25,26,30)/t16-/m1/s1. The molecule has 0 unspecified atom stereocenters. The van der Waals surface area contributed by atoms with E-state index in [9.17, 15) is 14.3 Å². The summed E-state index contributed by atoms with van der Waals surface area (Å²) in [5.41, 5.74) is 1.65. The molecule has 0 radical (unpaired) electrons. The predicted octanol–water partition coefficient (Wildman–Crippen LogP) is 2.93. The number of benzene rings is 1. The van der Waals surface area contributed by atoms with Crippen molar-refractivity contribution >= 4 is 22.8 Å². The lowest BCUT2D eigenvalue weighted by molar-refractivity contribution is 0.225. The molecule has 1 atom stereocenters. The van der Waals surface area contributed by atoms with E-state index in [4.69, 9.17) is 4.74 Å². The monoisotopic (exact) mass is 422 g/mol. The first-order chi connectivity index (χ1) is 15.2. The van der Waals surface area contributed by atoms with Gasteiger partial charge < -0.3 is 15.2 Å². The van der Waals surface area contributed by atoms with Gasteiger partial charge in [-0.05, 0) is 23.3 Å². The average Bonchev–Trinajstić information content (AvgIpc) is 3.23. The molecule has 0 bridgehead atoms. The van der Waals surface area contributed by atoms with E-state index in [1.165, 1.54) is 6.20 Å². The summed E-state index contributed by atoms with van der Waals surface area (Å²) in [5, 5.41) is 21.4. The number of hydrogen-bond donors (Lipinski definition) is 4. The van der Waals surface area contributed by atoms with Crippen LogP contribution in [0.15, 0.2) is 61.1 Å². The van der Waals surface area contributed by atoms with Gasteiger partial charge in [0.15, 0.2) is 11.6 Å². The van der Waals surface area contributed by atoms with Crippen molar-refractivity contribution in [3.63, 3.8) is 0 Å². The van der Waals surface area contributed by atoms with Gasteiger partial charge in [-0.3, -0.25) is 15.4 Å². The summed E-state index contributed by atoms with van der Waals surface area (Å²) in [6.07, 6.45) is 4.65. The van der Waals surface area contributed by atoms with Gasteiger partial charge in [-0.2, -0.15) is 0 Å². The van der Waals surface area contributed by atoms with Gasteiger partial charge in [-0.15, -0.1) is 5.10 Å². The van der Waals surface area contributed by atoms with E-state index in [1.54, 1.807) is 48.8 Å². The average molecular weight is 422 g/mol. The molecule has 0 aliphatic rings. The summed E-state index contributed by atoms with van der Waals surface area (Å²) in [6.45, 7) is -0.0837. The summed E-state index contributed by atoms with van der Waals surface area (Å²) in [6, 6.07) is 11.2. The van der Waals surface area contributed by atoms with Crippen molar-refractivity contribution in [1.29, 1.82) is 0 Å². The van der Waals surface area contributed by atoms with E-state index >= 15 is 0 Å². The molecular weight excluding hydrogens is 403 g/mol. The van der Waals surface area contributed by atoms with E-state index in [2.05, 4.69) is 30.8 Å². The second-order valence-electron chi connectivity index (χ2n) is 6.63. The van der Waals surface area contributed by atoms with Crippen LogP contribution in [-0.4, -0.2) is 37.9 Å². The third-order valence-corrected chi connectivity index (χ3v) is 4.57. The van der Waals surface area contributed by atoms with E-state index in [0.29, 0.717) is 10.9 Å². The molecule has 4 rings (SSSR count). The molecule has 0 aliphatic carbocycles. The maximum absolute atomic E-state index is 14.9. The van der Waals surface area contributed by atoms with Crippen molar-refractivity contribution in [3.05, 3.63) is 78.0 Å². The number of aromatic amines is 1. The number of carbonyl (C=O) groups excluding carboxylic acids is 1. The molecule has 4 N–H and O–H groups in total. The van der Waals surface area contributed by atoms with Crippen molar-refractivity contribution in [3.8, 4) is 5.88 Å². The molecular formula is C21H19FN6O3. The quantitative estimate of drug-likeness (QED) is 0.363. The minimum Gasteiger partial charge on any atom is -0.471 e. The first kappa shape index (κ1) is 20.2. The number of nitrogens with zero attached hydrogens (tertiary/aromatic N) is 3. The second kappa shape index (κ2) is 9.18. The molecule has 1 aromatic carbocycles. The van der Waals surface area contributed by atoms with Crippen molar-refractivity contribution in [1.82, 2.24) is 25.5 Å². The molecule has 2 amide bonds. The minimum absolute atomic E-state index is 0.0526. The number of anilines is 1. The van der Waals surface area contributed by atoms with Gasteiger partial charge >= 0.3 is 6.03 Å². The van der Waals surface area contributed by atoms with Crippen molar-refractivity contribution in [2.45, 2.75) is 12.6 Å². The zero-order chi connectivity index (χ0) is 21.6. The number of carbonyl (C=O) groups is 1. The number of aliphatic hydroxyl groups is 1. The van der Waals surface area contributed by atoms with Crippen LogP contribution in [0.3, 0.4) is 0 Å². The van der Waals surface area contributed by atoms with Crippen LogP contribution in [0.1, 0.15) is 17.2 Å². The molecule has 4 aromatic rings. The predicted molar refractivity (Wildman–Crippen MR) is 111 cm³/mol. The Labute approximate surface area is 176 Å². The van der Waals surface area contributed by atoms with Crippen LogP contribution in [0.5, 0.6) is 5.88 Å². The summed E-state index contributed by atoms with van der Waals surface area (Å²) in [7, 11) is 0. The molecule has 158 valence electrons. The van der Waals surface area contributed by atoms with E-state index < -0.39 is 17.9 Å². The van der Waals surface area contributed by atoms with Crippen LogP contribution in [0.4, 0.5) is 15.0 Å². The van der Waals surface area contributed by atoms with E-state index in [-0.39, 0.29) is 30.4 Å². The topological polar surface area (TPSA) is 125 Å². The summed E-state index contributed by atoms with van der Waals surface area (Å²) >= 11 is 0. The highest BCUT2D eigenvalue weighted by atomic mass is 19.1. The number of nitrogens with one attached hydrogen (secondary N) is 3. The smallest absolute Gasteiger partial charge is 0.321 e. The largest absolute Gasteiger partial charge is 0.471 e. The Morgan fingerprint density at radius 1 is 1.19 bits per heavy atom. The Bertz CT molecular complexity index is 1170. The highest BCUT2D eigenvalue weighted by Crippen LogP contribution is 2.27. The number of aromatic nitrogens is 4. The van der Waals surface area contributed by atoms with Gasteiger partial charge in [0.25, 0.3) is 0 Å². The normalized spacial score (nSPS) is 11.8. The maximum Gasteiger partial charge on any atom is 0.321 e. The summed E-state index contributed by atoms with van der Waals surface area (Å²) < 4.78 is 20.5. The fraction of sp³-hybridized carbons (Fsp3) is 0.143. The molecule has 31 heavy (non-hydrogen) atoms. The third kappa shape index (κ3) is 4.59. The number of hydrogen-bond acceptors (Lipinski definition) is 6. The van der Waals surface area contributed by atoms with Crippen LogP contribution in [-0.2, 0) is 6.61 Å². The number of ether oxygens (including phenoxy) is 1. The Kier molecular flexibility index (Phi) is 5.99. The fourth-order valence-electron chi connectivity index (χ4n) is 2.97. The summed E-state index contributed by atoms with van der Waals surface area (Å²) in [4.78, 5) is 20.2. The lowest BCUT2D eigenvalue weighted by Crippen LogP contribution is -2.34. The van der Waals surface area contributed by atoms with Crippen LogP contribution in [0.2, 0.25) is 0 Å². The lowest BCUT2D eigenvalue weighted by atomic mass is 10.1. The number of pyridine rings is 2. The number of rotatable bonds is 7. The number of aliphatic hydroxyl groups excluding tert-OH is 1. The van der Waals surface area contributed by atoms with Crippen molar-refractivity contribution < 1.29 is 19.0 Å². The Morgan fingerprint density at radius 3 is 2.71 bits per heavy atom. The summed E-state index contributed by atoms with van der Waals surface area (Å²) in [5.74, 6) is -0.864. The Morgan fingerprint density at radius 2 is 1.97 bits per heavy atom. The Hall–Kier alpha value is -4.05.